The van der Waals surface area contributed by atoms with E-state index in [1.165, 1.54) is 0 Å². The second-order valence-electron chi connectivity index (χ2n) is 9.71. The van der Waals surface area contributed by atoms with Gasteiger partial charge in [0.15, 0.2) is 0 Å². The number of hydrogen-bond acceptors (Lipinski definition) is 11. The van der Waals surface area contributed by atoms with Gasteiger partial charge in [0.1, 0.15) is 6.10 Å². The average molecular weight is 474 g/mol. The zero-order valence-corrected chi connectivity index (χ0v) is 20.5. The van der Waals surface area contributed by atoms with Crippen molar-refractivity contribution in [1.82, 2.24) is 25.3 Å². The zero-order valence-electron chi connectivity index (χ0n) is 20.5. The maximum absolute atomic E-state index is 6.25. The Labute approximate surface area is 200 Å². The van der Waals surface area contributed by atoms with E-state index in [9.17, 15) is 0 Å². The number of nitrogens with two attached hydrogens (primary N) is 1. The highest BCUT2D eigenvalue weighted by Crippen LogP contribution is 2.30. The number of nitrogens with zero attached hydrogens (tertiary/aromatic N) is 5. The van der Waals surface area contributed by atoms with E-state index in [0.29, 0.717) is 37.3 Å². The van der Waals surface area contributed by atoms with Crippen molar-refractivity contribution in [2.24, 2.45) is 0 Å². The molecule has 1 saturated carbocycles. The summed E-state index contributed by atoms with van der Waals surface area (Å²) in [6.45, 7) is 10.1. The highest BCUT2D eigenvalue weighted by molar-refractivity contribution is 5.60. The molecule has 1 aliphatic heterocycles. The van der Waals surface area contributed by atoms with Crippen LogP contribution in [-0.4, -0.2) is 77.0 Å². The van der Waals surface area contributed by atoms with E-state index in [1.807, 2.05) is 26.8 Å². The van der Waals surface area contributed by atoms with Gasteiger partial charge in [0.2, 0.25) is 24.2 Å². The van der Waals surface area contributed by atoms with Crippen molar-refractivity contribution < 1.29 is 18.9 Å². The van der Waals surface area contributed by atoms with Crippen molar-refractivity contribution in [3.63, 3.8) is 0 Å². The molecule has 3 N–H and O–H groups in total. The van der Waals surface area contributed by atoms with E-state index in [-0.39, 0.29) is 29.7 Å². The maximum Gasteiger partial charge on any atom is 0.229 e. The van der Waals surface area contributed by atoms with Crippen molar-refractivity contribution in [2.75, 3.05) is 37.5 Å². The van der Waals surface area contributed by atoms with Crippen LogP contribution in [0.25, 0.3) is 11.3 Å². The summed E-state index contributed by atoms with van der Waals surface area (Å²) in [4.78, 5) is 19.8. The van der Waals surface area contributed by atoms with Crippen LogP contribution in [0.5, 0.6) is 5.88 Å². The van der Waals surface area contributed by atoms with Crippen LogP contribution in [0.3, 0.4) is 0 Å². The molecule has 2 aliphatic rings. The smallest absolute Gasteiger partial charge is 0.229 e. The summed E-state index contributed by atoms with van der Waals surface area (Å²) in [5, 5.41) is 3.38. The molecular weight excluding hydrogens is 438 g/mol. The fourth-order valence-corrected chi connectivity index (χ4v) is 3.88. The molecule has 2 aromatic heterocycles. The SMILES string of the molecule is COC(NC1CC(Oc2cc(-c3cnc(N)nc3)nc(N3CCOC[C@@H]3C)n2)C1)OC(C)(C)C. The number of ether oxygens (including phenoxy) is 4. The van der Waals surface area contributed by atoms with Gasteiger partial charge in [-0.1, -0.05) is 0 Å². The monoisotopic (exact) mass is 473 g/mol. The summed E-state index contributed by atoms with van der Waals surface area (Å²) in [5.41, 5.74) is 6.79. The lowest BCUT2D eigenvalue weighted by atomic mass is 9.89. The Morgan fingerprint density at radius 3 is 2.59 bits per heavy atom. The molecule has 0 bridgehead atoms. The highest BCUT2D eigenvalue weighted by Gasteiger charge is 2.34. The summed E-state index contributed by atoms with van der Waals surface area (Å²) in [7, 11) is 1.63. The van der Waals surface area contributed by atoms with Gasteiger partial charge in [-0.15, -0.1) is 0 Å². The van der Waals surface area contributed by atoms with Crippen LogP contribution >= 0.6 is 0 Å². The zero-order chi connectivity index (χ0) is 24.3. The first-order valence-corrected chi connectivity index (χ1v) is 11.6. The van der Waals surface area contributed by atoms with E-state index >= 15 is 0 Å². The highest BCUT2D eigenvalue weighted by atomic mass is 16.7. The Hall–Kier alpha value is -2.60. The Morgan fingerprint density at radius 1 is 1.21 bits per heavy atom. The largest absolute Gasteiger partial charge is 0.474 e. The third-order valence-corrected chi connectivity index (χ3v) is 5.71. The minimum atomic E-state index is -0.462. The second-order valence-corrected chi connectivity index (χ2v) is 9.71. The van der Waals surface area contributed by atoms with Crippen LogP contribution in [0.2, 0.25) is 0 Å². The number of methoxy groups -OCH3 is 1. The minimum Gasteiger partial charge on any atom is -0.474 e. The van der Waals surface area contributed by atoms with Crippen molar-refractivity contribution in [2.45, 2.75) is 70.7 Å². The molecule has 0 amide bonds. The van der Waals surface area contributed by atoms with Crippen LogP contribution in [-0.2, 0) is 14.2 Å². The van der Waals surface area contributed by atoms with Crippen LogP contribution in [0, 0.1) is 0 Å². The van der Waals surface area contributed by atoms with Gasteiger partial charge in [-0.3, -0.25) is 5.32 Å². The molecule has 1 aliphatic carbocycles. The fourth-order valence-electron chi connectivity index (χ4n) is 3.88. The Balaban J connectivity index is 1.46. The number of aromatic nitrogens is 4. The van der Waals surface area contributed by atoms with E-state index in [0.717, 1.165) is 18.4 Å². The second kappa shape index (κ2) is 10.3. The molecular formula is C23H35N7O4. The third kappa shape index (κ3) is 6.29. The summed E-state index contributed by atoms with van der Waals surface area (Å²) < 4.78 is 23.1. The molecule has 2 atom stereocenters. The van der Waals surface area contributed by atoms with Gasteiger partial charge in [-0.2, -0.15) is 4.98 Å². The van der Waals surface area contributed by atoms with Crippen molar-refractivity contribution in [1.29, 1.82) is 0 Å². The van der Waals surface area contributed by atoms with E-state index in [2.05, 4.69) is 27.1 Å². The number of rotatable bonds is 8. The number of nitrogen functional groups attached to an aromatic ring is 1. The van der Waals surface area contributed by atoms with Crippen molar-refractivity contribution >= 4 is 11.9 Å². The van der Waals surface area contributed by atoms with Gasteiger partial charge in [0.25, 0.3) is 0 Å². The first kappa shape index (κ1) is 24.5. The first-order chi connectivity index (χ1) is 16.2. The van der Waals surface area contributed by atoms with Gasteiger partial charge in [-0.25, -0.2) is 15.0 Å². The molecule has 11 nitrogen and oxygen atoms in total. The van der Waals surface area contributed by atoms with Crippen LogP contribution in [0.4, 0.5) is 11.9 Å². The van der Waals surface area contributed by atoms with Gasteiger partial charge < -0.3 is 29.6 Å². The Kier molecular flexibility index (Phi) is 7.46. The quantitative estimate of drug-likeness (QED) is 0.546. The van der Waals surface area contributed by atoms with E-state index in [4.69, 9.17) is 34.6 Å². The Bertz CT molecular complexity index is 947. The average Bonchev–Trinajstić information content (AvgIpc) is 2.76. The van der Waals surface area contributed by atoms with Crippen LogP contribution in [0.1, 0.15) is 40.5 Å². The molecule has 11 heteroatoms. The van der Waals surface area contributed by atoms with Gasteiger partial charge >= 0.3 is 0 Å². The molecule has 1 unspecified atom stereocenters. The number of anilines is 2. The molecule has 0 aromatic carbocycles. The van der Waals surface area contributed by atoms with E-state index < -0.39 is 6.41 Å². The van der Waals surface area contributed by atoms with Gasteiger partial charge in [0, 0.05) is 56.6 Å². The van der Waals surface area contributed by atoms with Crippen LogP contribution < -0.4 is 20.7 Å². The van der Waals surface area contributed by atoms with E-state index in [1.54, 1.807) is 19.5 Å². The molecule has 2 aromatic rings. The topological polar surface area (TPSA) is 130 Å². The normalized spacial score (nSPS) is 23.9. The van der Waals surface area contributed by atoms with Gasteiger partial charge in [-0.05, 0) is 27.7 Å². The summed E-state index contributed by atoms with van der Waals surface area (Å²) in [6.07, 6.45) is 4.53. The molecule has 186 valence electrons. The lowest BCUT2D eigenvalue weighted by molar-refractivity contribution is -0.206. The summed E-state index contributed by atoms with van der Waals surface area (Å²) >= 11 is 0. The molecule has 3 heterocycles. The minimum absolute atomic E-state index is 0.0324. The lowest BCUT2D eigenvalue weighted by Crippen LogP contribution is -2.53. The summed E-state index contributed by atoms with van der Waals surface area (Å²) in [5.74, 6) is 1.34. The Morgan fingerprint density at radius 2 is 1.94 bits per heavy atom. The molecule has 1 saturated heterocycles. The summed E-state index contributed by atoms with van der Waals surface area (Å²) in [6, 6.07) is 2.22. The number of nitrogens with one attached hydrogen (secondary N) is 1. The molecule has 2 fully saturated rings. The van der Waals surface area contributed by atoms with Gasteiger partial charge in [0.05, 0.1) is 30.6 Å². The van der Waals surface area contributed by atoms with Crippen molar-refractivity contribution in [3.05, 3.63) is 18.5 Å². The van der Waals surface area contributed by atoms with Crippen molar-refractivity contribution in [3.8, 4) is 17.1 Å². The first-order valence-electron chi connectivity index (χ1n) is 11.6. The van der Waals surface area contributed by atoms with Crippen LogP contribution in [0.15, 0.2) is 18.5 Å². The molecule has 34 heavy (non-hydrogen) atoms. The molecule has 4 rings (SSSR count). The number of hydrogen-bond donors (Lipinski definition) is 2. The fraction of sp³-hybridized carbons (Fsp3) is 0.652. The molecule has 0 radical (unpaired) electrons. The predicted octanol–water partition coefficient (Wildman–Crippen LogP) is 1.99. The predicted molar refractivity (Wildman–Crippen MR) is 127 cm³/mol. The standard InChI is InChI=1S/C23H35N7O4/c1-14-13-32-7-6-30(14)21-28-18(15-11-25-20(24)26-12-15)10-19(29-21)33-17-8-16(9-17)27-22(31-5)34-23(2,3)4/h10-12,14,16-17,22,27H,6-9,13H2,1-5H3,(H2,24,25,26)/t14-,16?,17?,22?/m0/s1. The third-order valence-electron chi connectivity index (χ3n) is 5.71. The molecule has 0 spiro atoms. The number of morpholine rings is 1. The maximum atomic E-state index is 6.25. The lowest BCUT2D eigenvalue weighted by Gasteiger charge is -2.39.